The van der Waals surface area contributed by atoms with Crippen molar-refractivity contribution in [1.29, 1.82) is 0 Å². The molecule has 46 heavy (non-hydrogen) atoms. The van der Waals surface area contributed by atoms with Crippen LogP contribution in [0.1, 0.15) is 54.9 Å². The van der Waals surface area contributed by atoms with E-state index in [0.29, 0.717) is 36.7 Å². The number of aryl methyl sites for hydroxylation is 1. The number of oxazole rings is 1. The Morgan fingerprint density at radius 2 is 1.74 bits per heavy atom. The van der Waals surface area contributed by atoms with Crippen LogP contribution in [0.2, 0.25) is 0 Å². The van der Waals surface area contributed by atoms with Crippen LogP contribution in [0.25, 0.3) is 21.2 Å². The van der Waals surface area contributed by atoms with Gasteiger partial charge in [-0.25, -0.2) is 4.98 Å². The highest BCUT2D eigenvalue weighted by Gasteiger charge is 2.33. The number of benzene rings is 3. The first-order chi connectivity index (χ1) is 22.2. The van der Waals surface area contributed by atoms with Crippen molar-refractivity contribution >= 4 is 50.4 Å². The predicted octanol–water partition coefficient (Wildman–Crippen LogP) is 6.86. The third-order valence-electron chi connectivity index (χ3n) is 8.46. The lowest BCUT2D eigenvalue weighted by molar-refractivity contribution is -0.151. The molecule has 0 radical (unpaired) electrons. The van der Waals surface area contributed by atoms with Gasteiger partial charge in [0.25, 0.3) is 0 Å². The Labute approximate surface area is 269 Å². The number of carboxylic acid groups (broad SMARTS) is 2. The Bertz CT molecular complexity index is 1810. The number of aliphatic carboxylic acids is 2. The Hall–Kier alpha value is -4.90. The van der Waals surface area contributed by atoms with Gasteiger partial charge in [-0.05, 0) is 67.1 Å². The number of ether oxygens (including phenoxy) is 2. The van der Waals surface area contributed by atoms with E-state index in [9.17, 15) is 24.6 Å². The summed E-state index contributed by atoms with van der Waals surface area (Å²) in [5.41, 5.74) is 2.48. The highest BCUT2D eigenvalue weighted by atomic mass is 32.1. The van der Waals surface area contributed by atoms with E-state index >= 15 is 0 Å². The van der Waals surface area contributed by atoms with Crippen molar-refractivity contribution in [2.75, 3.05) is 6.79 Å². The second-order valence-corrected chi connectivity index (χ2v) is 12.7. The molecule has 1 amide bonds. The molecule has 3 atom stereocenters. The minimum atomic E-state index is -1.34. The first kappa shape index (κ1) is 31.1. The largest absolute Gasteiger partial charge is 0.481 e. The number of hydrogen-bond acceptors (Lipinski definition) is 8. The summed E-state index contributed by atoms with van der Waals surface area (Å²) in [6, 6.07) is 23.0. The summed E-state index contributed by atoms with van der Waals surface area (Å²) in [4.78, 5) is 44.7. The highest BCUT2D eigenvalue weighted by molar-refractivity contribution is 7.19. The molecule has 0 aliphatic carbocycles. The lowest BCUT2D eigenvalue weighted by Crippen LogP contribution is -2.43. The zero-order valence-corrected chi connectivity index (χ0v) is 26.1. The van der Waals surface area contributed by atoms with Crippen molar-refractivity contribution in [3.8, 4) is 11.5 Å². The van der Waals surface area contributed by atoms with Crippen molar-refractivity contribution < 1.29 is 38.5 Å². The molecule has 0 spiro atoms. The van der Waals surface area contributed by atoms with Gasteiger partial charge in [-0.15, -0.1) is 11.3 Å². The molecule has 0 saturated heterocycles. The zero-order valence-electron chi connectivity index (χ0n) is 25.3. The highest BCUT2D eigenvalue weighted by Crippen LogP contribution is 2.39. The number of nitrogens with zero attached hydrogens (tertiary/aromatic N) is 2. The molecule has 238 valence electrons. The van der Waals surface area contributed by atoms with E-state index in [1.54, 1.807) is 16.2 Å². The number of rotatable bonds is 14. The lowest BCUT2D eigenvalue weighted by atomic mass is 9.86. The van der Waals surface area contributed by atoms with Gasteiger partial charge in [-0.1, -0.05) is 36.4 Å². The fourth-order valence-corrected chi connectivity index (χ4v) is 7.14. The van der Waals surface area contributed by atoms with Crippen molar-refractivity contribution in [3.05, 3.63) is 89.1 Å². The fraction of sp³-hybridized carbons (Fsp3) is 0.314. The molecule has 1 aliphatic rings. The lowest BCUT2D eigenvalue weighted by Gasteiger charge is -2.36. The molecule has 3 aromatic carbocycles. The summed E-state index contributed by atoms with van der Waals surface area (Å²) < 4.78 is 18.3. The quantitative estimate of drug-likeness (QED) is 0.133. The molecule has 3 heterocycles. The second kappa shape index (κ2) is 13.6. The van der Waals surface area contributed by atoms with Gasteiger partial charge in [-0.3, -0.25) is 14.4 Å². The van der Waals surface area contributed by atoms with Gasteiger partial charge in [0.1, 0.15) is 5.52 Å². The average Bonchev–Trinajstić information content (AvgIpc) is 3.78. The van der Waals surface area contributed by atoms with E-state index in [2.05, 4.69) is 4.98 Å². The predicted molar refractivity (Wildman–Crippen MR) is 172 cm³/mol. The number of thiophene rings is 1. The Morgan fingerprint density at radius 3 is 2.52 bits per heavy atom. The maximum atomic E-state index is 14.0. The number of para-hydroxylation sites is 2. The first-order valence-electron chi connectivity index (χ1n) is 15.2. The molecular formula is C35H34N2O8S. The summed E-state index contributed by atoms with van der Waals surface area (Å²) in [5.74, 6) is -2.60. The molecule has 0 bridgehead atoms. The van der Waals surface area contributed by atoms with Crippen LogP contribution in [0.3, 0.4) is 0 Å². The van der Waals surface area contributed by atoms with Crippen molar-refractivity contribution in [1.82, 2.24) is 9.88 Å². The topological polar surface area (TPSA) is 139 Å². The summed E-state index contributed by atoms with van der Waals surface area (Å²) in [5, 5.41) is 20.2. The first-order valence-corrected chi connectivity index (χ1v) is 16.0. The van der Waals surface area contributed by atoms with Crippen LogP contribution >= 0.6 is 11.3 Å². The van der Waals surface area contributed by atoms with Crippen LogP contribution < -0.4 is 9.47 Å². The Balaban J connectivity index is 1.31. The van der Waals surface area contributed by atoms with Crippen LogP contribution in [-0.2, 0) is 27.3 Å². The Kier molecular flexibility index (Phi) is 9.20. The molecule has 2 aromatic heterocycles. The minimum absolute atomic E-state index is 0.132. The second-order valence-electron chi connectivity index (χ2n) is 11.5. The van der Waals surface area contributed by atoms with Gasteiger partial charge in [0.2, 0.25) is 12.7 Å². The minimum Gasteiger partial charge on any atom is -0.481 e. The van der Waals surface area contributed by atoms with Gasteiger partial charge >= 0.3 is 11.9 Å². The monoisotopic (exact) mass is 642 g/mol. The molecule has 0 unspecified atom stereocenters. The third kappa shape index (κ3) is 6.99. The van der Waals surface area contributed by atoms with E-state index in [1.807, 2.05) is 79.7 Å². The number of amides is 1. The van der Waals surface area contributed by atoms with Gasteiger partial charge in [0, 0.05) is 34.4 Å². The summed E-state index contributed by atoms with van der Waals surface area (Å²) in [7, 11) is 0. The number of carboxylic acids is 2. The maximum absolute atomic E-state index is 14.0. The number of aromatic nitrogens is 1. The molecule has 10 nitrogen and oxygen atoms in total. The number of carbonyl (C=O) groups is 3. The van der Waals surface area contributed by atoms with Gasteiger partial charge in [0.15, 0.2) is 23.0 Å². The van der Waals surface area contributed by atoms with E-state index < -0.39 is 36.6 Å². The number of hydrogen-bond donors (Lipinski definition) is 2. The van der Waals surface area contributed by atoms with Gasteiger partial charge in [0.05, 0.1) is 18.9 Å². The number of fused-ring (bicyclic) bond motifs is 3. The van der Waals surface area contributed by atoms with E-state index in [4.69, 9.17) is 13.9 Å². The van der Waals surface area contributed by atoms with E-state index in [1.165, 1.54) is 0 Å². The molecule has 5 aromatic rings. The zero-order chi connectivity index (χ0) is 32.2. The molecular weight excluding hydrogens is 608 g/mol. The van der Waals surface area contributed by atoms with Gasteiger partial charge < -0.3 is 29.0 Å². The van der Waals surface area contributed by atoms with Crippen LogP contribution in [0.5, 0.6) is 11.5 Å². The summed E-state index contributed by atoms with van der Waals surface area (Å²) in [6.45, 7) is 2.35. The fourth-order valence-electron chi connectivity index (χ4n) is 6.08. The van der Waals surface area contributed by atoms with Crippen LogP contribution in [-0.4, -0.2) is 50.8 Å². The van der Waals surface area contributed by atoms with Gasteiger partial charge in [-0.2, -0.15) is 0 Å². The van der Waals surface area contributed by atoms with E-state index in [0.717, 1.165) is 31.6 Å². The molecule has 6 rings (SSSR count). The SMILES string of the molecule is C[C@H]([C@H](CCCc1nc2ccccc2o1)c1ccc2c(c1)OCO2)N(Cc1cc2ccccc2s1)C(=O)C[C@H](CC(=O)O)C(=O)O. The average molecular weight is 643 g/mol. The molecule has 0 saturated carbocycles. The van der Waals surface area contributed by atoms with E-state index in [-0.39, 0.29) is 25.3 Å². The normalized spacial score (nSPS) is 14.3. The number of carbonyl (C=O) groups excluding carboxylic acids is 1. The molecule has 11 heteroatoms. The van der Waals surface area contributed by atoms with Crippen LogP contribution in [0.15, 0.2) is 77.2 Å². The van der Waals surface area contributed by atoms with Crippen LogP contribution in [0, 0.1) is 5.92 Å². The summed E-state index contributed by atoms with van der Waals surface area (Å²) in [6.07, 6.45) is 0.896. The van der Waals surface area contributed by atoms with Crippen LogP contribution in [0.4, 0.5) is 0 Å². The molecule has 0 fully saturated rings. The summed E-state index contributed by atoms with van der Waals surface area (Å²) >= 11 is 1.58. The smallest absolute Gasteiger partial charge is 0.307 e. The Morgan fingerprint density at radius 1 is 0.957 bits per heavy atom. The third-order valence-corrected chi connectivity index (χ3v) is 9.56. The van der Waals surface area contributed by atoms with Crippen molar-refractivity contribution in [3.63, 3.8) is 0 Å². The van der Waals surface area contributed by atoms with Crippen molar-refractivity contribution in [2.24, 2.45) is 5.92 Å². The maximum Gasteiger partial charge on any atom is 0.307 e. The molecule has 1 aliphatic heterocycles. The van der Waals surface area contributed by atoms with Crippen molar-refractivity contribution in [2.45, 2.75) is 57.5 Å². The molecule has 2 N–H and O–H groups in total. The standard InChI is InChI=1S/C35H34N2O8S/c1-21(37(33(38)17-24(35(41)42)18-34(39)40)19-25-15-23-7-2-5-11-31(23)46-25)26(22-13-14-29-30(16-22)44-20-43-29)8-6-12-32-36-27-9-3-4-10-28(27)45-32/h2-5,7,9-11,13-16,21,24,26H,6,8,12,17-20H2,1H3,(H,39,40)(H,41,42)/t21-,24-,26+/m1/s1.